The molecule has 0 heterocycles. The van der Waals surface area contributed by atoms with Gasteiger partial charge in [-0.3, -0.25) is 4.79 Å². The maximum absolute atomic E-state index is 10.8. The summed E-state index contributed by atoms with van der Waals surface area (Å²) in [5, 5.41) is 19.2. The number of aliphatic carboxylic acids is 1. The Hall–Kier alpha value is -0.260. The number of carboxylic acids is 1. The van der Waals surface area contributed by atoms with E-state index in [0.29, 0.717) is 31.4 Å². The minimum atomic E-state index is -0.725. The second kappa shape index (κ2) is 6.61. The SMILES string of the molecule is CC(N)CCSCC1(O)CCC(C(=O)O)CC1. The van der Waals surface area contributed by atoms with Gasteiger partial charge in [-0.2, -0.15) is 11.8 Å². The smallest absolute Gasteiger partial charge is 0.306 e. The van der Waals surface area contributed by atoms with Gasteiger partial charge in [-0.1, -0.05) is 0 Å². The van der Waals surface area contributed by atoms with Gasteiger partial charge in [0.15, 0.2) is 0 Å². The lowest BCUT2D eigenvalue weighted by atomic mass is 9.80. The van der Waals surface area contributed by atoms with Crippen LogP contribution in [0, 0.1) is 5.92 Å². The van der Waals surface area contributed by atoms with Crippen molar-refractivity contribution in [3.63, 3.8) is 0 Å². The van der Waals surface area contributed by atoms with Crippen molar-refractivity contribution in [1.82, 2.24) is 0 Å². The van der Waals surface area contributed by atoms with Crippen molar-refractivity contribution in [2.75, 3.05) is 11.5 Å². The van der Waals surface area contributed by atoms with E-state index in [2.05, 4.69) is 0 Å². The Kier molecular flexibility index (Phi) is 5.76. The van der Waals surface area contributed by atoms with E-state index < -0.39 is 11.6 Å². The van der Waals surface area contributed by atoms with Crippen molar-refractivity contribution in [2.24, 2.45) is 11.7 Å². The third kappa shape index (κ3) is 5.27. The Morgan fingerprint density at radius 1 is 1.53 bits per heavy atom. The van der Waals surface area contributed by atoms with Crippen LogP contribution in [-0.4, -0.2) is 39.3 Å². The van der Waals surface area contributed by atoms with Gasteiger partial charge in [0.05, 0.1) is 11.5 Å². The number of hydrogen-bond acceptors (Lipinski definition) is 4. The Morgan fingerprint density at radius 2 is 2.12 bits per heavy atom. The summed E-state index contributed by atoms with van der Waals surface area (Å²) in [5.41, 5.74) is 5.00. The standard InChI is InChI=1S/C12H23NO3S/c1-9(13)4-7-17-8-12(16)5-2-10(3-6-12)11(14)15/h9-10,16H,2-8,13H2,1H3,(H,14,15). The number of hydrogen-bond donors (Lipinski definition) is 3. The molecule has 17 heavy (non-hydrogen) atoms. The number of thioether (sulfide) groups is 1. The highest BCUT2D eigenvalue weighted by molar-refractivity contribution is 7.99. The van der Waals surface area contributed by atoms with Crippen LogP contribution in [0.5, 0.6) is 0 Å². The van der Waals surface area contributed by atoms with Crippen LogP contribution in [0.15, 0.2) is 0 Å². The Bertz CT molecular complexity index is 250. The molecule has 4 N–H and O–H groups in total. The third-order valence-corrected chi connectivity index (χ3v) is 4.62. The summed E-state index contributed by atoms with van der Waals surface area (Å²) in [6, 6.07) is 0.208. The fourth-order valence-corrected chi connectivity index (χ4v) is 3.43. The van der Waals surface area contributed by atoms with Crippen LogP contribution < -0.4 is 5.73 Å². The number of carboxylic acid groups (broad SMARTS) is 1. The van der Waals surface area contributed by atoms with Crippen LogP contribution in [0.4, 0.5) is 0 Å². The average molecular weight is 261 g/mol. The lowest BCUT2D eigenvalue weighted by Gasteiger charge is -2.34. The Morgan fingerprint density at radius 3 is 2.59 bits per heavy atom. The highest BCUT2D eigenvalue weighted by Crippen LogP contribution is 2.34. The molecule has 0 aromatic heterocycles. The molecule has 1 fully saturated rings. The molecule has 1 aliphatic rings. The molecule has 1 atom stereocenters. The maximum Gasteiger partial charge on any atom is 0.306 e. The van der Waals surface area contributed by atoms with E-state index in [0.717, 1.165) is 12.2 Å². The molecule has 1 unspecified atom stereocenters. The summed E-state index contributed by atoms with van der Waals surface area (Å²) in [6.45, 7) is 1.98. The zero-order chi connectivity index (χ0) is 12.9. The molecular formula is C12H23NO3S. The van der Waals surface area contributed by atoms with Crippen molar-refractivity contribution in [3.8, 4) is 0 Å². The minimum absolute atomic E-state index is 0.208. The van der Waals surface area contributed by atoms with Gasteiger partial charge in [0, 0.05) is 11.8 Å². The molecule has 1 rings (SSSR count). The molecule has 0 aliphatic heterocycles. The molecule has 0 bridgehead atoms. The van der Waals surface area contributed by atoms with Crippen LogP contribution in [0.2, 0.25) is 0 Å². The van der Waals surface area contributed by atoms with Gasteiger partial charge in [-0.15, -0.1) is 0 Å². The van der Waals surface area contributed by atoms with Crippen molar-refractivity contribution >= 4 is 17.7 Å². The summed E-state index contributed by atoms with van der Waals surface area (Å²) in [4.78, 5) is 10.8. The van der Waals surface area contributed by atoms with Crippen molar-refractivity contribution in [1.29, 1.82) is 0 Å². The summed E-state index contributed by atoms with van der Waals surface area (Å²) < 4.78 is 0. The van der Waals surface area contributed by atoms with Gasteiger partial charge in [0.25, 0.3) is 0 Å². The van der Waals surface area contributed by atoms with E-state index in [1.165, 1.54) is 0 Å². The van der Waals surface area contributed by atoms with E-state index in [1.54, 1.807) is 11.8 Å². The van der Waals surface area contributed by atoms with Gasteiger partial charge >= 0.3 is 5.97 Å². The molecule has 0 radical (unpaired) electrons. The van der Waals surface area contributed by atoms with Gasteiger partial charge < -0.3 is 15.9 Å². The topological polar surface area (TPSA) is 83.5 Å². The zero-order valence-electron chi connectivity index (χ0n) is 10.4. The zero-order valence-corrected chi connectivity index (χ0v) is 11.2. The van der Waals surface area contributed by atoms with Gasteiger partial charge in [0.2, 0.25) is 0 Å². The van der Waals surface area contributed by atoms with Crippen LogP contribution in [0.1, 0.15) is 39.0 Å². The number of aliphatic hydroxyl groups is 1. The number of nitrogens with two attached hydrogens (primary N) is 1. The maximum atomic E-state index is 10.8. The first-order valence-corrected chi connectivity index (χ1v) is 7.37. The van der Waals surface area contributed by atoms with Crippen LogP contribution in [0.3, 0.4) is 0 Å². The number of carbonyl (C=O) groups is 1. The molecule has 0 amide bonds. The monoisotopic (exact) mass is 261 g/mol. The summed E-state index contributed by atoms with van der Waals surface area (Å²) in [7, 11) is 0. The molecule has 1 saturated carbocycles. The molecular weight excluding hydrogens is 238 g/mol. The van der Waals surface area contributed by atoms with E-state index >= 15 is 0 Å². The molecule has 4 nitrogen and oxygen atoms in total. The first kappa shape index (κ1) is 14.8. The fraction of sp³-hybridized carbons (Fsp3) is 0.917. The lowest BCUT2D eigenvalue weighted by molar-refractivity contribution is -0.144. The molecule has 0 aromatic rings. The predicted octanol–water partition coefficient (Wildman–Crippen LogP) is 1.46. The van der Waals surface area contributed by atoms with Crippen LogP contribution >= 0.6 is 11.8 Å². The summed E-state index contributed by atoms with van der Waals surface area (Å²) in [5.74, 6) is 0.676. The minimum Gasteiger partial charge on any atom is -0.481 e. The molecule has 0 aromatic carbocycles. The Balaban J connectivity index is 2.22. The van der Waals surface area contributed by atoms with Crippen LogP contribution in [-0.2, 0) is 4.79 Å². The average Bonchev–Trinajstić information content (AvgIpc) is 2.25. The second-order valence-electron chi connectivity index (χ2n) is 5.16. The molecule has 1 aliphatic carbocycles. The molecule has 100 valence electrons. The van der Waals surface area contributed by atoms with E-state index in [1.807, 2.05) is 6.92 Å². The van der Waals surface area contributed by atoms with E-state index in [4.69, 9.17) is 10.8 Å². The first-order valence-electron chi connectivity index (χ1n) is 6.21. The largest absolute Gasteiger partial charge is 0.481 e. The quantitative estimate of drug-likeness (QED) is 0.630. The molecule has 0 saturated heterocycles. The van der Waals surface area contributed by atoms with E-state index in [-0.39, 0.29) is 12.0 Å². The van der Waals surface area contributed by atoms with E-state index in [9.17, 15) is 9.90 Å². The molecule has 0 spiro atoms. The van der Waals surface area contributed by atoms with Gasteiger partial charge in [-0.25, -0.2) is 0 Å². The Labute approximate surface area is 107 Å². The third-order valence-electron chi connectivity index (χ3n) is 3.35. The normalized spacial score (nSPS) is 31.1. The van der Waals surface area contributed by atoms with Crippen LogP contribution in [0.25, 0.3) is 0 Å². The summed E-state index contributed by atoms with van der Waals surface area (Å²) in [6.07, 6.45) is 3.36. The van der Waals surface area contributed by atoms with Crippen molar-refractivity contribution < 1.29 is 15.0 Å². The highest BCUT2D eigenvalue weighted by atomic mass is 32.2. The second-order valence-corrected chi connectivity index (χ2v) is 6.26. The van der Waals surface area contributed by atoms with Crippen molar-refractivity contribution in [3.05, 3.63) is 0 Å². The lowest BCUT2D eigenvalue weighted by Crippen LogP contribution is -2.38. The fourth-order valence-electron chi connectivity index (χ4n) is 2.08. The highest BCUT2D eigenvalue weighted by Gasteiger charge is 2.35. The van der Waals surface area contributed by atoms with Gasteiger partial charge in [0.1, 0.15) is 0 Å². The summed E-state index contributed by atoms with van der Waals surface area (Å²) >= 11 is 1.72. The first-order chi connectivity index (χ1) is 7.93. The number of rotatable bonds is 6. The molecule has 5 heteroatoms. The van der Waals surface area contributed by atoms with Gasteiger partial charge in [-0.05, 0) is 44.8 Å². The predicted molar refractivity (Wildman–Crippen MR) is 70.1 cm³/mol. The van der Waals surface area contributed by atoms with Crippen molar-refractivity contribution in [2.45, 2.75) is 50.7 Å².